The minimum absolute atomic E-state index is 0.195. The zero-order chi connectivity index (χ0) is 13.6. The van der Waals surface area contributed by atoms with Crippen molar-refractivity contribution in [3.05, 3.63) is 23.9 Å². The summed E-state index contributed by atoms with van der Waals surface area (Å²) in [4.78, 5) is 16.1. The van der Waals surface area contributed by atoms with Gasteiger partial charge in [-0.3, -0.25) is 4.79 Å². The molecule has 1 aromatic heterocycles. The first-order chi connectivity index (χ1) is 8.48. The largest absolute Gasteiger partial charge is 0.377 e. The fourth-order valence-corrected chi connectivity index (χ4v) is 1.30. The molecule has 0 atom stereocenters. The van der Waals surface area contributed by atoms with Gasteiger partial charge in [0.1, 0.15) is 11.5 Å². The van der Waals surface area contributed by atoms with Crippen LogP contribution in [0, 0.1) is 0 Å². The molecule has 18 heavy (non-hydrogen) atoms. The normalized spacial score (nSPS) is 11.1. The topological polar surface area (TPSA) is 63.2 Å². The molecule has 0 radical (unpaired) electrons. The van der Waals surface area contributed by atoms with E-state index in [1.807, 2.05) is 26.8 Å². The van der Waals surface area contributed by atoms with E-state index in [-0.39, 0.29) is 11.5 Å². The summed E-state index contributed by atoms with van der Waals surface area (Å²) in [7, 11) is 1.62. The van der Waals surface area contributed by atoms with Crippen LogP contribution in [-0.2, 0) is 4.74 Å². The van der Waals surface area contributed by atoms with Crippen molar-refractivity contribution in [1.82, 2.24) is 10.3 Å². The number of carbonyl (C=O) groups is 1. The van der Waals surface area contributed by atoms with Crippen LogP contribution in [0.5, 0.6) is 0 Å². The molecule has 2 N–H and O–H groups in total. The Labute approximate surface area is 108 Å². The third-order valence-electron chi connectivity index (χ3n) is 2.57. The van der Waals surface area contributed by atoms with Gasteiger partial charge in [-0.15, -0.1) is 0 Å². The number of nitrogens with one attached hydrogen (secondary N) is 2. The van der Waals surface area contributed by atoms with Crippen molar-refractivity contribution in [2.45, 2.75) is 26.4 Å². The van der Waals surface area contributed by atoms with Crippen LogP contribution in [0.15, 0.2) is 18.2 Å². The lowest BCUT2D eigenvalue weighted by Crippen LogP contribution is -2.40. The maximum atomic E-state index is 11.9. The zero-order valence-corrected chi connectivity index (χ0v) is 11.4. The lowest BCUT2D eigenvalue weighted by Gasteiger charge is -2.22. The van der Waals surface area contributed by atoms with Gasteiger partial charge in [-0.2, -0.15) is 0 Å². The molecule has 5 heteroatoms. The molecule has 0 fully saturated rings. The maximum absolute atomic E-state index is 11.9. The summed E-state index contributed by atoms with van der Waals surface area (Å²) in [5.41, 5.74) is 0.0231. The molecule has 0 saturated carbocycles. The van der Waals surface area contributed by atoms with Crippen LogP contribution in [0.1, 0.15) is 31.3 Å². The highest BCUT2D eigenvalue weighted by atomic mass is 16.5. The van der Waals surface area contributed by atoms with E-state index in [1.54, 1.807) is 19.2 Å². The number of carbonyl (C=O) groups excluding carboxylic acids is 1. The van der Waals surface area contributed by atoms with Crippen LogP contribution in [0.25, 0.3) is 0 Å². The number of methoxy groups -OCH3 is 1. The van der Waals surface area contributed by atoms with Crippen molar-refractivity contribution in [3.63, 3.8) is 0 Å². The predicted molar refractivity (Wildman–Crippen MR) is 71.8 cm³/mol. The van der Waals surface area contributed by atoms with E-state index >= 15 is 0 Å². The lowest BCUT2D eigenvalue weighted by molar-refractivity contribution is 0.0228. The van der Waals surface area contributed by atoms with Gasteiger partial charge in [0.05, 0.1) is 5.60 Å². The summed E-state index contributed by atoms with van der Waals surface area (Å²) in [6.07, 6.45) is 0. The molecule has 1 amide bonds. The lowest BCUT2D eigenvalue weighted by atomic mass is 10.1. The highest BCUT2D eigenvalue weighted by molar-refractivity contribution is 5.92. The van der Waals surface area contributed by atoms with Crippen molar-refractivity contribution in [2.75, 3.05) is 25.5 Å². The molecule has 0 aliphatic rings. The number of pyridine rings is 1. The van der Waals surface area contributed by atoms with Crippen molar-refractivity contribution in [3.8, 4) is 0 Å². The highest BCUT2D eigenvalue weighted by Crippen LogP contribution is 2.07. The van der Waals surface area contributed by atoms with E-state index in [0.717, 1.165) is 6.54 Å². The van der Waals surface area contributed by atoms with E-state index in [9.17, 15) is 4.79 Å². The van der Waals surface area contributed by atoms with Gasteiger partial charge < -0.3 is 15.4 Å². The Morgan fingerprint density at radius 2 is 2.17 bits per heavy atom. The molecule has 0 saturated heterocycles. The van der Waals surface area contributed by atoms with Crippen molar-refractivity contribution in [1.29, 1.82) is 0 Å². The molecule has 0 aliphatic heterocycles. The van der Waals surface area contributed by atoms with Crippen molar-refractivity contribution < 1.29 is 9.53 Å². The molecule has 1 aromatic rings. The Kier molecular flexibility index (Phi) is 5.09. The quantitative estimate of drug-likeness (QED) is 0.807. The monoisotopic (exact) mass is 251 g/mol. The third kappa shape index (κ3) is 4.33. The second-order valence-corrected chi connectivity index (χ2v) is 4.58. The molecule has 100 valence electrons. The Morgan fingerprint density at radius 3 is 2.78 bits per heavy atom. The number of ether oxygens (including phenoxy) is 1. The van der Waals surface area contributed by atoms with E-state index in [0.29, 0.717) is 18.1 Å². The number of anilines is 1. The highest BCUT2D eigenvalue weighted by Gasteiger charge is 2.18. The fourth-order valence-electron chi connectivity index (χ4n) is 1.30. The molecule has 0 aromatic carbocycles. The molecule has 0 bridgehead atoms. The third-order valence-corrected chi connectivity index (χ3v) is 2.57. The van der Waals surface area contributed by atoms with Crippen molar-refractivity contribution >= 4 is 11.7 Å². The second kappa shape index (κ2) is 6.35. The Morgan fingerprint density at radius 1 is 1.44 bits per heavy atom. The minimum Gasteiger partial charge on any atom is -0.377 e. The number of hydrogen-bond donors (Lipinski definition) is 2. The summed E-state index contributed by atoms with van der Waals surface area (Å²) in [6, 6.07) is 5.33. The first kappa shape index (κ1) is 14.4. The summed E-state index contributed by atoms with van der Waals surface area (Å²) in [6.45, 7) is 7.02. The smallest absolute Gasteiger partial charge is 0.270 e. The average Bonchev–Trinajstić information content (AvgIpc) is 2.37. The molecule has 1 rings (SSSR count). The van der Waals surface area contributed by atoms with Crippen LogP contribution < -0.4 is 10.6 Å². The minimum atomic E-state index is -0.380. The Bertz CT molecular complexity index is 405. The molecule has 0 aliphatic carbocycles. The van der Waals surface area contributed by atoms with Crippen LogP contribution in [0.4, 0.5) is 5.82 Å². The fraction of sp³-hybridized carbons (Fsp3) is 0.538. The van der Waals surface area contributed by atoms with Gasteiger partial charge in [0, 0.05) is 20.2 Å². The first-order valence-corrected chi connectivity index (χ1v) is 6.03. The van der Waals surface area contributed by atoms with Crippen LogP contribution in [-0.4, -0.2) is 36.7 Å². The van der Waals surface area contributed by atoms with Crippen LogP contribution in [0.3, 0.4) is 0 Å². The number of amides is 1. The van der Waals surface area contributed by atoms with Crippen molar-refractivity contribution in [2.24, 2.45) is 0 Å². The van der Waals surface area contributed by atoms with Gasteiger partial charge in [0.2, 0.25) is 0 Å². The number of hydrogen-bond acceptors (Lipinski definition) is 4. The molecule has 1 heterocycles. The van der Waals surface area contributed by atoms with Gasteiger partial charge >= 0.3 is 0 Å². The summed E-state index contributed by atoms with van der Waals surface area (Å²) < 4.78 is 5.24. The van der Waals surface area contributed by atoms with Gasteiger partial charge in [-0.05, 0) is 32.9 Å². The number of rotatable bonds is 6. The molecule has 0 spiro atoms. The second-order valence-electron chi connectivity index (χ2n) is 4.58. The Hall–Kier alpha value is -1.62. The number of nitrogens with zero attached hydrogens (tertiary/aromatic N) is 1. The summed E-state index contributed by atoms with van der Waals surface area (Å²) in [5.74, 6) is 0.510. The molecular formula is C13H21N3O2. The maximum Gasteiger partial charge on any atom is 0.270 e. The standard InChI is InChI=1S/C13H21N3O2/c1-5-14-11-8-6-7-10(16-11)12(17)15-9-13(2,3)18-4/h6-8H,5,9H2,1-4H3,(H,14,16)(H,15,17). The van der Waals surface area contributed by atoms with Crippen LogP contribution in [0.2, 0.25) is 0 Å². The average molecular weight is 251 g/mol. The van der Waals surface area contributed by atoms with E-state index in [1.165, 1.54) is 0 Å². The first-order valence-electron chi connectivity index (χ1n) is 6.03. The van der Waals surface area contributed by atoms with Crippen LogP contribution >= 0.6 is 0 Å². The van der Waals surface area contributed by atoms with E-state index in [2.05, 4.69) is 15.6 Å². The summed E-state index contributed by atoms with van der Waals surface area (Å²) in [5, 5.41) is 5.88. The van der Waals surface area contributed by atoms with Gasteiger partial charge in [0.25, 0.3) is 5.91 Å². The Balaban J connectivity index is 2.64. The van der Waals surface area contributed by atoms with E-state index in [4.69, 9.17) is 4.74 Å². The van der Waals surface area contributed by atoms with Gasteiger partial charge in [-0.1, -0.05) is 6.07 Å². The number of aromatic nitrogens is 1. The SMILES string of the molecule is CCNc1cccc(C(=O)NCC(C)(C)OC)n1. The molecular weight excluding hydrogens is 230 g/mol. The zero-order valence-electron chi connectivity index (χ0n) is 11.4. The molecule has 0 unspecified atom stereocenters. The predicted octanol–water partition coefficient (Wildman–Crippen LogP) is 1.67. The summed E-state index contributed by atoms with van der Waals surface area (Å²) >= 11 is 0. The van der Waals surface area contributed by atoms with E-state index < -0.39 is 0 Å². The van der Waals surface area contributed by atoms with Gasteiger partial charge in [-0.25, -0.2) is 4.98 Å². The van der Waals surface area contributed by atoms with Gasteiger partial charge in [0.15, 0.2) is 0 Å². The molecule has 5 nitrogen and oxygen atoms in total.